The molecule has 0 aromatic heterocycles. The SMILES string of the molecule is CC1=CC[C@@H](/C=C/[C@H](C)[C@@H](C)O)C1(C)C. The molecule has 1 heteroatoms. The molecule has 0 heterocycles. The van der Waals surface area contributed by atoms with Crippen LogP contribution in [0, 0.1) is 17.3 Å². The minimum atomic E-state index is -0.250. The van der Waals surface area contributed by atoms with Crippen molar-refractivity contribution in [1.29, 1.82) is 0 Å². The second-order valence-electron chi connectivity index (χ2n) is 5.44. The lowest BCUT2D eigenvalue weighted by atomic mass is 9.77. The second kappa shape index (κ2) is 4.52. The Morgan fingerprint density at radius 2 is 2.07 bits per heavy atom. The summed E-state index contributed by atoms with van der Waals surface area (Å²) in [6.45, 7) is 10.7. The van der Waals surface area contributed by atoms with E-state index in [-0.39, 0.29) is 17.4 Å². The molecule has 0 spiro atoms. The third kappa shape index (κ3) is 2.72. The van der Waals surface area contributed by atoms with E-state index in [1.54, 1.807) is 0 Å². The Bertz CT molecular complexity index is 271. The Hall–Kier alpha value is -0.560. The van der Waals surface area contributed by atoms with E-state index in [1.165, 1.54) is 5.57 Å². The van der Waals surface area contributed by atoms with E-state index in [0.29, 0.717) is 5.92 Å². The minimum absolute atomic E-state index is 0.250. The summed E-state index contributed by atoms with van der Waals surface area (Å²) in [4.78, 5) is 0. The molecule has 0 aliphatic heterocycles. The van der Waals surface area contributed by atoms with Crippen molar-refractivity contribution in [3.63, 3.8) is 0 Å². The first-order chi connectivity index (χ1) is 6.85. The standard InChI is InChI=1S/C14H24O/c1-10(12(3)15)6-8-13-9-7-11(2)14(13,4)5/h6-8,10,12-13,15H,9H2,1-5H3/b8-6+/t10-,12+,13+/m0/s1. The van der Waals surface area contributed by atoms with E-state index in [2.05, 4.69) is 45.9 Å². The molecule has 1 N–H and O–H groups in total. The maximum absolute atomic E-state index is 9.41. The molecule has 15 heavy (non-hydrogen) atoms. The molecule has 1 rings (SSSR count). The molecule has 1 aliphatic carbocycles. The molecular weight excluding hydrogens is 184 g/mol. The van der Waals surface area contributed by atoms with Gasteiger partial charge in [-0.15, -0.1) is 0 Å². The Morgan fingerprint density at radius 1 is 1.47 bits per heavy atom. The third-order valence-electron chi connectivity index (χ3n) is 4.03. The zero-order valence-corrected chi connectivity index (χ0v) is 10.6. The highest BCUT2D eigenvalue weighted by Gasteiger charge is 2.32. The van der Waals surface area contributed by atoms with Gasteiger partial charge in [0.25, 0.3) is 0 Å². The van der Waals surface area contributed by atoms with Gasteiger partial charge in [0.1, 0.15) is 0 Å². The van der Waals surface area contributed by atoms with Gasteiger partial charge in [0.2, 0.25) is 0 Å². The van der Waals surface area contributed by atoms with E-state index < -0.39 is 0 Å². The van der Waals surface area contributed by atoms with Gasteiger partial charge in [0, 0.05) is 0 Å². The quantitative estimate of drug-likeness (QED) is 0.703. The zero-order chi connectivity index (χ0) is 11.6. The van der Waals surface area contributed by atoms with Crippen LogP contribution in [0.4, 0.5) is 0 Å². The summed E-state index contributed by atoms with van der Waals surface area (Å²) in [7, 11) is 0. The molecule has 0 amide bonds. The number of aliphatic hydroxyl groups is 1. The van der Waals surface area contributed by atoms with Crippen LogP contribution in [0.2, 0.25) is 0 Å². The Labute approximate surface area is 93.9 Å². The van der Waals surface area contributed by atoms with Gasteiger partial charge in [0.15, 0.2) is 0 Å². The maximum Gasteiger partial charge on any atom is 0.0572 e. The smallest absolute Gasteiger partial charge is 0.0572 e. The van der Waals surface area contributed by atoms with Crippen molar-refractivity contribution in [3.8, 4) is 0 Å². The predicted octanol–water partition coefficient (Wildman–Crippen LogP) is 3.55. The average molecular weight is 208 g/mol. The van der Waals surface area contributed by atoms with Crippen molar-refractivity contribution in [2.24, 2.45) is 17.3 Å². The van der Waals surface area contributed by atoms with E-state index in [9.17, 15) is 5.11 Å². The number of hydrogen-bond donors (Lipinski definition) is 1. The lowest BCUT2D eigenvalue weighted by molar-refractivity contribution is 0.156. The normalized spacial score (nSPS) is 29.2. The van der Waals surface area contributed by atoms with Gasteiger partial charge in [-0.2, -0.15) is 0 Å². The van der Waals surface area contributed by atoms with Gasteiger partial charge in [-0.3, -0.25) is 0 Å². The molecule has 0 bridgehead atoms. The lowest BCUT2D eigenvalue weighted by Gasteiger charge is -2.27. The van der Waals surface area contributed by atoms with E-state index >= 15 is 0 Å². The van der Waals surface area contributed by atoms with Crippen LogP contribution in [-0.4, -0.2) is 11.2 Å². The summed E-state index contributed by atoms with van der Waals surface area (Å²) >= 11 is 0. The Balaban J connectivity index is 2.62. The summed E-state index contributed by atoms with van der Waals surface area (Å²) in [5.41, 5.74) is 1.77. The highest BCUT2D eigenvalue weighted by atomic mass is 16.3. The van der Waals surface area contributed by atoms with Gasteiger partial charge in [-0.1, -0.05) is 44.6 Å². The van der Waals surface area contributed by atoms with Crippen molar-refractivity contribution in [3.05, 3.63) is 23.8 Å². The Kier molecular flexibility index (Phi) is 3.77. The van der Waals surface area contributed by atoms with Crippen molar-refractivity contribution in [2.45, 2.75) is 47.1 Å². The van der Waals surface area contributed by atoms with Crippen molar-refractivity contribution in [1.82, 2.24) is 0 Å². The van der Waals surface area contributed by atoms with Gasteiger partial charge in [-0.05, 0) is 37.5 Å². The zero-order valence-electron chi connectivity index (χ0n) is 10.6. The summed E-state index contributed by atoms with van der Waals surface area (Å²) in [5.74, 6) is 0.848. The molecule has 86 valence electrons. The fourth-order valence-corrected chi connectivity index (χ4v) is 1.94. The average Bonchev–Trinajstić information content (AvgIpc) is 2.39. The van der Waals surface area contributed by atoms with Crippen molar-refractivity contribution in [2.75, 3.05) is 0 Å². The molecule has 0 unspecified atom stereocenters. The molecule has 1 aliphatic rings. The fourth-order valence-electron chi connectivity index (χ4n) is 1.94. The Morgan fingerprint density at radius 3 is 2.47 bits per heavy atom. The summed E-state index contributed by atoms with van der Waals surface area (Å²) < 4.78 is 0. The summed E-state index contributed by atoms with van der Waals surface area (Å²) in [5, 5.41) is 9.41. The van der Waals surface area contributed by atoms with Crippen LogP contribution in [-0.2, 0) is 0 Å². The molecule has 0 fully saturated rings. The lowest BCUT2D eigenvalue weighted by Crippen LogP contribution is -2.19. The van der Waals surface area contributed by atoms with E-state index in [1.807, 2.05) is 6.92 Å². The van der Waals surface area contributed by atoms with Crippen molar-refractivity contribution >= 4 is 0 Å². The van der Waals surface area contributed by atoms with Gasteiger partial charge in [0.05, 0.1) is 6.10 Å². The number of hydrogen-bond acceptors (Lipinski definition) is 1. The molecule has 0 aromatic carbocycles. The van der Waals surface area contributed by atoms with Gasteiger partial charge in [-0.25, -0.2) is 0 Å². The highest BCUT2D eigenvalue weighted by molar-refractivity contribution is 5.22. The fraction of sp³-hybridized carbons (Fsp3) is 0.714. The van der Waals surface area contributed by atoms with Gasteiger partial charge >= 0.3 is 0 Å². The van der Waals surface area contributed by atoms with Crippen LogP contribution >= 0.6 is 0 Å². The number of aliphatic hydroxyl groups excluding tert-OH is 1. The molecule has 0 radical (unpaired) electrons. The molecule has 3 atom stereocenters. The minimum Gasteiger partial charge on any atom is -0.393 e. The van der Waals surface area contributed by atoms with E-state index in [0.717, 1.165) is 6.42 Å². The maximum atomic E-state index is 9.41. The van der Waals surface area contributed by atoms with Crippen LogP contribution in [0.1, 0.15) is 41.0 Å². The first-order valence-corrected chi connectivity index (χ1v) is 5.89. The van der Waals surface area contributed by atoms with Crippen LogP contribution in [0.25, 0.3) is 0 Å². The predicted molar refractivity (Wildman–Crippen MR) is 65.6 cm³/mol. The summed E-state index contributed by atoms with van der Waals surface area (Å²) in [6, 6.07) is 0. The van der Waals surface area contributed by atoms with Crippen LogP contribution < -0.4 is 0 Å². The monoisotopic (exact) mass is 208 g/mol. The first kappa shape index (κ1) is 12.5. The molecule has 0 saturated carbocycles. The summed E-state index contributed by atoms with van der Waals surface area (Å²) in [6.07, 6.45) is 7.66. The largest absolute Gasteiger partial charge is 0.393 e. The van der Waals surface area contributed by atoms with Crippen LogP contribution in [0.15, 0.2) is 23.8 Å². The first-order valence-electron chi connectivity index (χ1n) is 5.89. The molecule has 1 nitrogen and oxygen atoms in total. The number of rotatable bonds is 3. The molecular formula is C14H24O. The number of allylic oxidation sites excluding steroid dienone is 3. The highest BCUT2D eigenvalue weighted by Crippen LogP contribution is 2.43. The van der Waals surface area contributed by atoms with Crippen molar-refractivity contribution < 1.29 is 5.11 Å². The molecule has 0 aromatic rings. The van der Waals surface area contributed by atoms with Crippen LogP contribution in [0.3, 0.4) is 0 Å². The topological polar surface area (TPSA) is 20.2 Å². The molecule has 0 saturated heterocycles. The third-order valence-corrected chi connectivity index (χ3v) is 4.03. The second-order valence-corrected chi connectivity index (χ2v) is 5.44. The van der Waals surface area contributed by atoms with Gasteiger partial charge < -0.3 is 5.11 Å². The van der Waals surface area contributed by atoms with Crippen LogP contribution in [0.5, 0.6) is 0 Å². The van der Waals surface area contributed by atoms with E-state index in [4.69, 9.17) is 0 Å².